The van der Waals surface area contributed by atoms with Crippen molar-refractivity contribution in [1.29, 1.82) is 0 Å². The molecule has 0 saturated heterocycles. The van der Waals surface area contributed by atoms with Crippen molar-refractivity contribution in [2.24, 2.45) is 0 Å². The van der Waals surface area contributed by atoms with Gasteiger partial charge in [0.05, 0.1) is 22.7 Å². The van der Waals surface area contributed by atoms with Crippen LogP contribution in [0.5, 0.6) is 0 Å². The summed E-state index contributed by atoms with van der Waals surface area (Å²) in [6, 6.07) is 10.2. The van der Waals surface area contributed by atoms with Crippen LogP contribution in [0, 0.1) is 10.1 Å². The van der Waals surface area contributed by atoms with E-state index in [1.165, 1.54) is 30.5 Å². The van der Waals surface area contributed by atoms with Crippen LogP contribution in [-0.4, -0.2) is 28.4 Å². The third-order valence-corrected chi connectivity index (χ3v) is 3.98. The molecule has 9 heteroatoms. The minimum Gasteiger partial charge on any atom is -0.462 e. The zero-order valence-electron chi connectivity index (χ0n) is 14.8. The van der Waals surface area contributed by atoms with Crippen molar-refractivity contribution in [1.82, 2.24) is 4.98 Å². The molecule has 3 N–H and O–H groups in total. The Morgan fingerprint density at radius 1 is 1.25 bits per heavy atom. The molecule has 142 valence electrons. The number of fused-ring (bicyclic) bond motifs is 1. The molecule has 0 radical (unpaired) electrons. The average molecular weight is 380 g/mol. The molecular weight excluding hydrogens is 364 g/mol. The summed E-state index contributed by atoms with van der Waals surface area (Å²) in [6.07, 6.45) is 1.34. The fraction of sp³-hybridized carbons (Fsp3) is 0.105. The molecule has 28 heavy (non-hydrogen) atoms. The van der Waals surface area contributed by atoms with Gasteiger partial charge >= 0.3 is 5.97 Å². The van der Waals surface area contributed by atoms with Crippen molar-refractivity contribution in [3.8, 4) is 0 Å². The Balaban J connectivity index is 1.92. The number of nitro groups is 1. The molecule has 0 saturated carbocycles. The van der Waals surface area contributed by atoms with E-state index in [1.54, 1.807) is 25.1 Å². The van der Waals surface area contributed by atoms with E-state index in [2.05, 4.69) is 10.3 Å². The van der Waals surface area contributed by atoms with E-state index in [0.717, 1.165) is 0 Å². The maximum Gasteiger partial charge on any atom is 0.341 e. The van der Waals surface area contributed by atoms with Crippen molar-refractivity contribution in [3.63, 3.8) is 0 Å². The van der Waals surface area contributed by atoms with Crippen LogP contribution in [0.3, 0.4) is 0 Å². The van der Waals surface area contributed by atoms with Crippen LogP contribution in [0.15, 0.2) is 48.7 Å². The molecule has 0 aliphatic heterocycles. The fourth-order valence-electron chi connectivity index (χ4n) is 2.63. The van der Waals surface area contributed by atoms with Crippen LogP contribution in [0.25, 0.3) is 10.9 Å². The molecule has 3 aromatic rings. The average Bonchev–Trinajstić information content (AvgIpc) is 2.69. The first-order chi connectivity index (χ1) is 13.4. The van der Waals surface area contributed by atoms with E-state index >= 15 is 0 Å². The summed E-state index contributed by atoms with van der Waals surface area (Å²) in [5.74, 6) is -1.10. The van der Waals surface area contributed by atoms with Crippen molar-refractivity contribution in [2.75, 3.05) is 17.7 Å². The van der Waals surface area contributed by atoms with Crippen molar-refractivity contribution in [3.05, 3.63) is 69.9 Å². The molecule has 1 aromatic heterocycles. The number of carbonyl (C=O) groups excluding carboxylic acids is 2. The number of pyridine rings is 1. The molecule has 9 nitrogen and oxygen atoms in total. The van der Waals surface area contributed by atoms with Crippen molar-refractivity contribution < 1.29 is 19.2 Å². The van der Waals surface area contributed by atoms with Crippen molar-refractivity contribution in [2.45, 2.75) is 6.92 Å². The van der Waals surface area contributed by atoms with Gasteiger partial charge in [0.2, 0.25) is 0 Å². The van der Waals surface area contributed by atoms with E-state index in [4.69, 9.17) is 10.5 Å². The number of ether oxygens (including phenoxy) is 1. The maximum atomic E-state index is 12.4. The second-order valence-corrected chi connectivity index (χ2v) is 5.80. The summed E-state index contributed by atoms with van der Waals surface area (Å²) < 4.78 is 4.96. The van der Waals surface area contributed by atoms with Gasteiger partial charge in [-0.05, 0) is 31.2 Å². The third-order valence-electron chi connectivity index (χ3n) is 3.98. The second kappa shape index (κ2) is 7.70. The zero-order chi connectivity index (χ0) is 20.3. The molecule has 0 atom stereocenters. The van der Waals surface area contributed by atoms with Gasteiger partial charge in [0.1, 0.15) is 5.56 Å². The number of carbonyl (C=O) groups is 2. The molecular formula is C19H16N4O5. The molecule has 0 aliphatic rings. The summed E-state index contributed by atoms with van der Waals surface area (Å²) in [4.78, 5) is 38.9. The lowest BCUT2D eigenvalue weighted by Crippen LogP contribution is -2.12. The number of nitrogens with two attached hydrogens (primary N) is 1. The molecule has 0 fully saturated rings. The van der Waals surface area contributed by atoms with Gasteiger partial charge in [-0.1, -0.05) is 6.07 Å². The van der Waals surface area contributed by atoms with Crippen LogP contribution in [-0.2, 0) is 4.74 Å². The van der Waals surface area contributed by atoms with E-state index in [-0.39, 0.29) is 29.1 Å². The van der Waals surface area contributed by atoms with Gasteiger partial charge in [-0.2, -0.15) is 0 Å². The quantitative estimate of drug-likeness (QED) is 0.394. The van der Waals surface area contributed by atoms with Gasteiger partial charge in [0, 0.05) is 35.0 Å². The van der Waals surface area contributed by atoms with Crippen LogP contribution < -0.4 is 11.1 Å². The van der Waals surface area contributed by atoms with Gasteiger partial charge in [-0.15, -0.1) is 0 Å². The van der Waals surface area contributed by atoms with Crippen LogP contribution in [0.1, 0.15) is 27.6 Å². The van der Waals surface area contributed by atoms with Gasteiger partial charge < -0.3 is 15.8 Å². The number of nitrogen functional groups attached to an aromatic ring is 1. The highest BCUT2D eigenvalue weighted by molar-refractivity contribution is 6.08. The van der Waals surface area contributed by atoms with E-state index in [9.17, 15) is 19.7 Å². The summed E-state index contributed by atoms with van der Waals surface area (Å²) in [6.45, 7) is 1.89. The fourth-order valence-corrected chi connectivity index (χ4v) is 2.63. The number of nitrogens with one attached hydrogen (secondary N) is 1. The Hall–Kier alpha value is -4.01. The first-order valence-corrected chi connectivity index (χ1v) is 8.32. The summed E-state index contributed by atoms with van der Waals surface area (Å²) in [5, 5.41) is 14.0. The summed E-state index contributed by atoms with van der Waals surface area (Å²) in [5.41, 5.74) is 7.31. The van der Waals surface area contributed by atoms with Crippen LogP contribution in [0.4, 0.5) is 17.1 Å². The first-order valence-electron chi connectivity index (χ1n) is 8.32. The molecule has 3 rings (SSSR count). The monoisotopic (exact) mass is 380 g/mol. The van der Waals surface area contributed by atoms with E-state index in [1.807, 2.05) is 0 Å². The Morgan fingerprint density at radius 2 is 2.04 bits per heavy atom. The molecule has 1 amide bonds. The number of hydrogen-bond acceptors (Lipinski definition) is 7. The summed E-state index contributed by atoms with van der Waals surface area (Å²) in [7, 11) is 0. The Labute approximate surface area is 159 Å². The highest BCUT2D eigenvalue weighted by Crippen LogP contribution is 2.27. The van der Waals surface area contributed by atoms with Crippen LogP contribution in [0.2, 0.25) is 0 Å². The van der Waals surface area contributed by atoms with Crippen LogP contribution >= 0.6 is 0 Å². The number of rotatable bonds is 5. The lowest BCUT2D eigenvalue weighted by Gasteiger charge is -2.10. The molecule has 2 aromatic carbocycles. The van der Waals surface area contributed by atoms with Gasteiger partial charge in [0.25, 0.3) is 11.6 Å². The number of esters is 1. The minimum absolute atomic E-state index is 0.136. The topological polar surface area (TPSA) is 137 Å². The normalized spacial score (nSPS) is 10.5. The number of amides is 1. The lowest BCUT2D eigenvalue weighted by molar-refractivity contribution is -0.384. The number of hydrogen-bond donors (Lipinski definition) is 2. The third kappa shape index (κ3) is 3.73. The Morgan fingerprint density at radius 3 is 2.75 bits per heavy atom. The largest absolute Gasteiger partial charge is 0.462 e. The number of nitrogens with zero attached hydrogens (tertiary/aromatic N) is 2. The second-order valence-electron chi connectivity index (χ2n) is 5.80. The summed E-state index contributed by atoms with van der Waals surface area (Å²) >= 11 is 0. The van der Waals surface area contributed by atoms with E-state index < -0.39 is 16.8 Å². The SMILES string of the molecule is CCOC(=O)c1cnc2ccc(NC(=O)c3cccc([N+](=O)[O-])c3)cc2c1N. The van der Waals surface area contributed by atoms with Gasteiger partial charge in [-0.3, -0.25) is 19.9 Å². The number of aromatic nitrogens is 1. The Kier molecular flexibility index (Phi) is 5.16. The molecule has 0 bridgehead atoms. The van der Waals surface area contributed by atoms with Crippen molar-refractivity contribution >= 4 is 39.8 Å². The minimum atomic E-state index is -0.583. The molecule has 0 unspecified atom stereocenters. The number of anilines is 2. The highest BCUT2D eigenvalue weighted by Gasteiger charge is 2.16. The number of nitro benzene ring substituents is 1. The highest BCUT2D eigenvalue weighted by atomic mass is 16.6. The standard InChI is InChI=1S/C19H16N4O5/c1-2-28-19(25)15-10-21-16-7-6-12(9-14(16)17(15)20)22-18(24)11-4-3-5-13(8-11)23(26)27/h3-10H,2H2,1H3,(H2,20,21)(H,22,24). The lowest BCUT2D eigenvalue weighted by atomic mass is 10.1. The smallest absolute Gasteiger partial charge is 0.341 e. The van der Waals surface area contributed by atoms with Gasteiger partial charge in [0.15, 0.2) is 0 Å². The molecule has 0 spiro atoms. The molecule has 1 heterocycles. The Bertz CT molecular complexity index is 1100. The predicted molar refractivity (Wildman–Crippen MR) is 103 cm³/mol. The molecule has 0 aliphatic carbocycles. The number of benzene rings is 2. The van der Waals surface area contributed by atoms with E-state index in [0.29, 0.717) is 16.6 Å². The van der Waals surface area contributed by atoms with Gasteiger partial charge in [-0.25, -0.2) is 4.79 Å². The first kappa shape index (κ1) is 18.8. The predicted octanol–water partition coefficient (Wildman–Crippen LogP) is 3.15. The zero-order valence-corrected chi connectivity index (χ0v) is 14.8. The number of non-ortho nitro benzene ring substituents is 1. The maximum absolute atomic E-state index is 12.4.